The summed E-state index contributed by atoms with van der Waals surface area (Å²) >= 11 is 0. The van der Waals surface area contributed by atoms with Crippen molar-refractivity contribution in [1.29, 1.82) is 0 Å². The van der Waals surface area contributed by atoms with Crippen LogP contribution < -0.4 is 0 Å². The number of hydrogen-bond donors (Lipinski definition) is 2. The van der Waals surface area contributed by atoms with Gasteiger partial charge in [0.25, 0.3) is 0 Å². The molecular formula is C20H24O5. The molecule has 0 unspecified atom stereocenters. The number of rotatable bonds is 7. The van der Waals surface area contributed by atoms with Gasteiger partial charge in [0.15, 0.2) is 6.29 Å². The third-order valence-electron chi connectivity index (χ3n) is 4.57. The Kier molecular flexibility index (Phi) is 5.83. The van der Waals surface area contributed by atoms with Crippen LogP contribution in [0.3, 0.4) is 0 Å². The molecule has 0 aromatic heterocycles. The Morgan fingerprint density at radius 1 is 1.00 bits per heavy atom. The fourth-order valence-electron chi connectivity index (χ4n) is 3.15. The lowest BCUT2D eigenvalue weighted by Crippen LogP contribution is -2.51. The van der Waals surface area contributed by atoms with Gasteiger partial charge in [-0.15, -0.1) is 0 Å². The van der Waals surface area contributed by atoms with Crippen LogP contribution in [0.15, 0.2) is 60.7 Å². The zero-order chi connectivity index (χ0) is 17.7. The summed E-state index contributed by atoms with van der Waals surface area (Å²) in [6, 6.07) is 19.3. The van der Waals surface area contributed by atoms with Gasteiger partial charge in [-0.3, -0.25) is 0 Å². The highest BCUT2D eigenvalue weighted by Gasteiger charge is 2.55. The molecule has 0 saturated carbocycles. The van der Waals surface area contributed by atoms with Gasteiger partial charge in [-0.05, 0) is 11.1 Å². The Labute approximate surface area is 147 Å². The maximum Gasteiger partial charge on any atom is 0.186 e. The van der Waals surface area contributed by atoms with Crippen molar-refractivity contribution in [2.45, 2.75) is 37.1 Å². The van der Waals surface area contributed by atoms with Crippen LogP contribution in [0.2, 0.25) is 0 Å². The van der Waals surface area contributed by atoms with E-state index in [1.165, 1.54) is 7.11 Å². The SMILES string of the molecule is CO[C@@H]1O[C@H](COCc2ccccc2)[C@@](O)(Cc2ccccc2)[C@H]1O. The predicted molar refractivity (Wildman–Crippen MR) is 92.9 cm³/mol. The van der Waals surface area contributed by atoms with Crippen molar-refractivity contribution in [3.05, 3.63) is 71.8 Å². The van der Waals surface area contributed by atoms with E-state index in [2.05, 4.69) is 0 Å². The summed E-state index contributed by atoms with van der Waals surface area (Å²) in [5.74, 6) is 0. The molecule has 134 valence electrons. The van der Waals surface area contributed by atoms with Crippen molar-refractivity contribution in [3.63, 3.8) is 0 Å². The number of hydrogen-bond acceptors (Lipinski definition) is 5. The molecule has 2 aromatic rings. The fraction of sp³-hybridized carbons (Fsp3) is 0.400. The quantitative estimate of drug-likeness (QED) is 0.803. The molecule has 0 radical (unpaired) electrons. The first-order valence-corrected chi connectivity index (χ1v) is 8.38. The number of benzene rings is 2. The minimum Gasteiger partial charge on any atom is -0.385 e. The van der Waals surface area contributed by atoms with Crippen molar-refractivity contribution in [3.8, 4) is 0 Å². The van der Waals surface area contributed by atoms with Crippen LogP contribution in [0.5, 0.6) is 0 Å². The summed E-state index contributed by atoms with van der Waals surface area (Å²) in [5, 5.41) is 21.6. The second-order valence-electron chi connectivity index (χ2n) is 6.33. The number of ether oxygens (including phenoxy) is 3. The highest BCUT2D eigenvalue weighted by Crippen LogP contribution is 2.35. The van der Waals surface area contributed by atoms with E-state index in [9.17, 15) is 10.2 Å². The average molecular weight is 344 g/mol. The van der Waals surface area contributed by atoms with Crippen molar-refractivity contribution >= 4 is 0 Å². The largest absolute Gasteiger partial charge is 0.385 e. The smallest absolute Gasteiger partial charge is 0.186 e. The zero-order valence-electron chi connectivity index (χ0n) is 14.2. The summed E-state index contributed by atoms with van der Waals surface area (Å²) in [4.78, 5) is 0. The van der Waals surface area contributed by atoms with E-state index in [0.29, 0.717) is 6.61 Å². The van der Waals surface area contributed by atoms with E-state index in [-0.39, 0.29) is 13.0 Å². The molecule has 25 heavy (non-hydrogen) atoms. The van der Waals surface area contributed by atoms with Crippen LogP contribution in [0.1, 0.15) is 11.1 Å². The average Bonchev–Trinajstić information content (AvgIpc) is 2.88. The lowest BCUT2D eigenvalue weighted by Gasteiger charge is -2.31. The van der Waals surface area contributed by atoms with Gasteiger partial charge in [0.2, 0.25) is 0 Å². The standard InChI is InChI=1S/C20H24O5/c1-23-19-18(21)20(22,12-15-8-4-2-5-9-15)17(25-19)14-24-13-16-10-6-3-7-11-16/h2-11,17-19,21-22H,12-14H2,1H3/t17-,18+,19-,20+/m1/s1. The van der Waals surface area contributed by atoms with Crippen LogP contribution in [0.4, 0.5) is 0 Å². The third-order valence-corrected chi connectivity index (χ3v) is 4.57. The van der Waals surface area contributed by atoms with Gasteiger partial charge in [-0.25, -0.2) is 0 Å². The Morgan fingerprint density at radius 2 is 1.60 bits per heavy atom. The molecule has 0 spiro atoms. The Hall–Kier alpha value is -1.76. The maximum atomic E-state index is 11.1. The summed E-state index contributed by atoms with van der Waals surface area (Å²) in [6.45, 7) is 0.574. The molecular weight excluding hydrogens is 320 g/mol. The Morgan fingerprint density at radius 3 is 2.20 bits per heavy atom. The van der Waals surface area contributed by atoms with Gasteiger partial charge < -0.3 is 24.4 Å². The van der Waals surface area contributed by atoms with E-state index in [1.807, 2.05) is 60.7 Å². The molecule has 1 saturated heterocycles. The minimum absolute atomic E-state index is 0.162. The number of aliphatic hydroxyl groups excluding tert-OH is 1. The molecule has 2 N–H and O–H groups in total. The molecule has 3 rings (SSSR count). The topological polar surface area (TPSA) is 68.2 Å². The molecule has 0 aliphatic carbocycles. The van der Waals surface area contributed by atoms with Crippen molar-refractivity contribution in [1.82, 2.24) is 0 Å². The molecule has 5 heteroatoms. The molecule has 1 aliphatic heterocycles. The van der Waals surface area contributed by atoms with Gasteiger partial charge >= 0.3 is 0 Å². The van der Waals surface area contributed by atoms with Crippen LogP contribution in [0.25, 0.3) is 0 Å². The van der Waals surface area contributed by atoms with Gasteiger partial charge in [-0.1, -0.05) is 60.7 Å². The molecule has 5 nitrogen and oxygen atoms in total. The van der Waals surface area contributed by atoms with E-state index < -0.39 is 24.1 Å². The summed E-state index contributed by atoms with van der Waals surface area (Å²) < 4.78 is 16.6. The second-order valence-corrected chi connectivity index (χ2v) is 6.33. The lowest BCUT2D eigenvalue weighted by molar-refractivity contribution is -0.156. The van der Waals surface area contributed by atoms with Crippen molar-refractivity contribution < 1.29 is 24.4 Å². The lowest BCUT2D eigenvalue weighted by atomic mass is 9.86. The van der Waals surface area contributed by atoms with Crippen LogP contribution in [-0.4, -0.2) is 48.0 Å². The predicted octanol–water partition coefficient (Wildman–Crippen LogP) is 1.91. The number of aliphatic hydroxyl groups is 2. The molecule has 0 amide bonds. The second kappa shape index (κ2) is 8.08. The summed E-state index contributed by atoms with van der Waals surface area (Å²) in [5.41, 5.74) is 0.479. The highest BCUT2D eigenvalue weighted by molar-refractivity contribution is 5.20. The van der Waals surface area contributed by atoms with E-state index in [0.717, 1.165) is 11.1 Å². The summed E-state index contributed by atoms with van der Waals surface area (Å²) in [7, 11) is 1.45. The van der Waals surface area contributed by atoms with Crippen molar-refractivity contribution in [2.75, 3.05) is 13.7 Å². The molecule has 0 bridgehead atoms. The first kappa shape index (κ1) is 18.0. The molecule has 4 atom stereocenters. The van der Waals surface area contributed by atoms with Crippen LogP contribution in [0, 0.1) is 0 Å². The van der Waals surface area contributed by atoms with Crippen LogP contribution >= 0.6 is 0 Å². The Balaban J connectivity index is 1.68. The first-order chi connectivity index (χ1) is 12.1. The van der Waals surface area contributed by atoms with Gasteiger partial charge in [0.1, 0.15) is 17.8 Å². The Bertz CT molecular complexity index is 648. The van der Waals surface area contributed by atoms with Gasteiger partial charge in [-0.2, -0.15) is 0 Å². The minimum atomic E-state index is -1.47. The van der Waals surface area contributed by atoms with Crippen LogP contribution in [-0.2, 0) is 27.2 Å². The van der Waals surface area contributed by atoms with E-state index in [4.69, 9.17) is 14.2 Å². The van der Waals surface area contributed by atoms with Crippen molar-refractivity contribution in [2.24, 2.45) is 0 Å². The molecule has 2 aromatic carbocycles. The molecule has 1 heterocycles. The monoisotopic (exact) mass is 344 g/mol. The van der Waals surface area contributed by atoms with Gasteiger partial charge in [0.05, 0.1) is 13.2 Å². The first-order valence-electron chi connectivity index (χ1n) is 8.38. The van der Waals surface area contributed by atoms with E-state index in [1.54, 1.807) is 0 Å². The zero-order valence-corrected chi connectivity index (χ0v) is 14.2. The third kappa shape index (κ3) is 4.08. The fourth-order valence-corrected chi connectivity index (χ4v) is 3.15. The van der Waals surface area contributed by atoms with E-state index >= 15 is 0 Å². The maximum absolute atomic E-state index is 11.1. The molecule has 1 fully saturated rings. The normalized spacial score (nSPS) is 29.0. The highest BCUT2D eigenvalue weighted by atomic mass is 16.7. The summed E-state index contributed by atoms with van der Waals surface area (Å²) in [6.07, 6.45) is -2.45. The van der Waals surface area contributed by atoms with Gasteiger partial charge in [0, 0.05) is 13.5 Å². The number of methoxy groups -OCH3 is 1. The molecule has 1 aliphatic rings.